The molecule has 1 aromatic carbocycles. The predicted molar refractivity (Wildman–Crippen MR) is 154 cm³/mol. The fourth-order valence-corrected chi connectivity index (χ4v) is 4.43. The second-order valence-corrected chi connectivity index (χ2v) is 11.0. The van der Waals surface area contributed by atoms with Crippen LogP contribution in [-0.2, 0) is 16.1 Å². The molecule has 1 saturated heterocycles. The van der Waals surface area contributed by atoms with Gasteiger partial charge >= 0.3 is 6.09 Å². The van der Waals surface area contributed by atoms with Gasteiger partial charge in [-0.05, 0) is 44.9 Å². The monoisotopic (exact) mass is 566 g/mol. The third kappa shape index (κ3) is 7.56. The molecular weight excluding hydrogens is 532 g/mol. The molecule has 0 radical (unpaired) electrons. The van der Waals surface area contributed by atoms with Gasteiger partial charge in [-0.2, -0.15) is 0 Å². The SMILES string of the molecule is Cc1c(Cl)ncnc1N1CCN(c2ncc(-c3cccc(CN(C)C(=O)CNC(=O)OC(C)(C)C)c3)cn2)CC1. The van der Waals surface area contributed by atoms with E-state index in [-0.39, 0.29) is 12.5 Å². The van der Waals surface area contributed by atoms with Gasteiger partial charge in [-0.3, -0.25) is 4.79 Å². The molecular formula is C28H35ClN8O3. The zero-order valence-corrected chi connectivity index (χ0v) is 24.3. The maximum absolute atomic E-state index is 12.5. The molecule has 0 bridgehead atoms. The highest BCUT2D eigenvalue weighted by molar-refractivity contribution is 6.30. The number of likely N-dealkylation sites (N-methyl/N-ethyl adjacent to an activating group) is 1. The summed E-state index contributed by atoms with van der Waals surface area (Å²) in [7, 11) is 1.70. The molecule has 1 aliphatic rings. The van der Waals surface area contributed by atoms with Gasteiger partial charge in [0.2, 0.25) is 11.9 Å². The molecule has 0 spiro atoms. The number of piperazine rings is 1. The zero-order chi connectivity index (χ0) is 28.9. The Morgan fingerprint density at radius 3 is 2.38 bits per heavy atom. The second-order valence-electron chi connectivity index (χ2n) is 10.7. The van der Waals surface area contributed by atoms with Crippen molar-refractivity contribution >= 4 is 35.4 Å². The lowest BCUT2D eigenvalue weighted by Crippen LogP contribution is -2.47. The summed E-state index contributed by atoms with van der Waals surface area (Å²) in [5.41, 5.74) is 3.05. The van der Waals surface area contributed by atoms with Crippen molar-refractivity contribution in [2.24, 2.45) is 0 Å². The molecule has 12 heteroatoms. The standard InChI is InChI=1S/C28H35ClN8O3/c1-19-24(29)33-18-34-25(19)36-9-11-37(12-10-36)26-30-14-22(15-31-26)21-8-6-7-20(13-21)17-35(5)23(38)16-32-27(39)40-28(2,3)4/h6-8,13-15,18H,9-12,16-17H2,1-5H3,(H,32,39). The average molecular weight is 567 g/mol. The first-order valence-electron chi connectivity index (χ1n) is 13.1. The first-order valence-corrected chi connectivity index (χ1v) is 13.5. The van der Waals surface area contributed by atoms with Crippen LogP contribution in [-0.4, -0.2) is 82.2 Å². The first kappa shape index (κ1) is 29.0. The van der Waals surface area contributed by atoms with Crippen LogP contribution in [0.15, 0.2) is 43.0 Å². The maximum Gasteiger partial charge on any atom is 0.408 e. The van der Waals surface area contributed by atoms with Crippen molar-refractivity contribution < 1.29 is 14.3 Å². The Labute approximate surface area is 239 Å². The zero-order valence-electron chi connectivity index (χ0n) is 23.5. The Hall–Kier alpha value is -3.99. The number of ether oxygens (including phenoxy) is 1. The van der Waals surface area contributed by atoms with Crippen LogP contribution in [0.2, 0.25) is 5.15 Å². The number of nitrogens with one attached hydrogen (secondary N) is 1. The summed E-state index contributed by atoms with van der Waals surface area (Å²) in [4.78, 5) is 48.0. The lowest BCUT2D eigenvalue weighted by atomic mass is 10.1. The third-order valence-electron chi connectivity index (χ3n) is 6.38. The fourth-order valence-electron chi connectivity index (χ4n) is 4.30. The van der Waals surface area contributed by atoms with Crippen LogP contribution < -0.4 is 15.1 Å². The molecule has 2 aromatic heterocycles. The molecule has 40 heavy (non-hydrogen) atoms. The Balaban J connectivity index is 1.32. The number of alkyl carbamates (subject to hydrolysis) is 1. The van der Waals surface area contributed by atoms with Crippen LogP contribution in [0, 0.1) is 6.92 Å². The molecule has 0 unspecified atom stereocenters. The van der Waals surface area contributed by atoms with Crippen molar-refractivity contribution in [3.8, 4) is 11.1 Å². The number of rotatable bonds is 7. The Kier molecular flexibility index (Phi) is 9.03. The van der Waals surface area contributed by atoms with E-state index in [4.69, 9.17) is 16.3 Å². The molecule has 0 saturated carbocycles. The quantitative estimate of drug-likeness (QED) is 0.427. The van der Waals surface area contributed by atoms with Crippen LogP contribution in [0.25, 0.3) is 11.1 Å². The topological polar surface area (TPSA) is 117 Å². The number of anilines is 2. The minimum absolute atomic E-state index is 0.138. The number of halogens is 1. The molecule has 212 valence electrons. The van der Waals surface area contributed by atoms with E-state index in [1.165, 1.54) is 6.33 Å². The largest absolute Gasteiger partial charge is 0.444 e. The number of amides is 2. The normalized spacial score (nSPS) is 13.7. The number of carbonyl (C=O) groups excluding carboxylic acids is 2. The summed E-state index contributed by atoms with van der Waals surface area (Å²) >= 11 is 6.17. The van der Waals surface area contributed by atoms with Crippen molar-refractivity contribution in [3.63, 3.8) is 0 Å². The highest BCUT2D eigenvalue weighted by Crippen LogP contribution is 2.25. The van der Waals surface area contributed by atoms with E-state index < -0.39 is 11.7 Å². The third-order valence-corrected chi connectivity index (χ3v) is 6.77. The second kappa shape index (κ2) is 12.5. The molecule has 1 aliphatic heterocycles. The summed E-state index contributed by atoms with van der Waals surface area (Å²) in [6, 6.07) is 7.89. The number of carbonyl (C=O) groups is 2. The summed E-state index contributed by atoms with van der Waals surface area (Å²) in [6.45, 7) is 10.6. The highest BCUT2D eigenvalue weighted by atomic mass is 35.5. The van der Waals surface area contributed by atoms with E-state index in [1.807, 2.05) is 43.6 Å². The van der Waals surface area contributed by atoms with Gasteiger partial charge in [0.25, 0.3) is 0 Å². The summed E-state index contributed by atoms with van der Waals surface area (Å²) < 4.78 is 5.18. The number of hydrogen-bond donors (Lipinski definition) is 1. The fraction of sp³-hybridized carbons (Fsp3) is 0.429. The Morgan fingerprint density at radius 2 is 1.70 bits per heavy atom. The number of nitrogens with zero attached hydrogens (tertiary/aromatic N) is 7. The van der Waals surface area contributed by atoms with Crippen LogP contribution in [0.4, 0.5) is 16.6 Å². The van der Waals surface area contributed by atoms with E-state index in [0.29, 0.717) is 17.6 Å². The van der Waals surface area contributed by atoms with Gasteiger partial charge in [0.05, 0.1) is 0 Å². The minimum Gasteiger partial charge on any atom is -0.444 e. The first-order chi connectivity index (χ1) is 19.0. The van der Waals surface area contributed by atoms with E-state index in [9.17, 15) is 9.59 Å². The van der Waals surface area contributed by atoms with Gasteiger partial charge in [-0.15, -0.1) is 0 Å². The Bertz CT molecular complexity index is 1340. The van der Waals surface area contributed by atoms with Crippen molar-refractivity contribution in [2.45, 2.75) is 39.8 Å². The molecule has 0 aliphatic carbocycles. The average Bonchev–Trinajstić information content (AvgIpc) is 2.92. The lowest BCUT2D eigenvalue weighted by molar-refractivity contribution is -0.129. The van der Waals surface area contributed by atoms with Gasteiger partial charge in [-0.1, -0.05) is 29.8 Å². The summed E-state index contributed by atoms with van der Waals surface area (Å²) in [5, 5.41) is 2.98. The van der Waals surface area contributed by atoms with Crippen LogP contribution in [0.5, 0.6) is 0 Å². The van der Waals surface area contributed by atoms with Crippen LogP contribution >= 0.6 is 11.6 Å². The van der Waals surface area contributed by atoms with Crippen molar-refractivity contribution in [1.82, 2.24) is 30.2 Å². The van der Waals surface area contributed by atoms with E-state index >= 15 is 0 Å². The number of hydrogen-bond acceptors (Lipinski definition) is 9. The number of benzene rings is 1. The molecule has 2 amide bonds. The van der Waals surface area contributed by atoms with Gasteiger partial charge < -0.3 is 24.8 Å². The lowest BCUT2D eigenvalue weighted by Gasteiger charge is -2.35. The molecule has 3 aromatic rings. The Morgan fingerprint density at radius 1 is 1.02 bits per heavy atom. The summed E-state index contributed by atoms with van der Waals surface area (Å²) in [6.07, 6.45) is 4.52. The highest BCUT2D eigenvalue weighted by Gasteiger charge is 2.22. The van der Waals surface area contributed by atoms with E-state index in [0.717, 1.165) is 54.3 Å². The molecule has 0 atom stereocenters. The molecule has 3 heterocycles. The van der Waals surface area contributed by atoms with Crippen LogP contribution in [0.3, 0.4) is 0 Å². The molecule has 1 N–H and O–H groups in total. The van der Waals surface area contributed by atoms with E-state index in [2.05, 4.69) is 35.1 Å². The van der Waals surface area contributed by atoms with Gasteiger partial charge in [0.1, 0.15) is 29.4 Å². The van der Waals surface area contributed by atoms with Gasteiger partial charge in [0, 0.05) is 63.3 Å². The van der Waals surface area contributed by atoms with Gasteiger partial charge in [-0.25, -0.2) is 24.7 Å². The minimum atomic E-state index is -0.622. The van der Waals surface area contributed by atoms with Crippen LogP contribution in [0.1, 0.15) is 31.9 Å². The molecule has 4 rings (SSSR count). The van der Waals surface area contributed by atoms with Crippen molar-refractivity contribution in [2.75, 3.05) is 49.6 Å². The van der Waals surface area contributed by atoms with E-state index in [1.54, 1.807) is 32.7 Å². The molecule has 11 nitrogen and oxygen atoms in total. The number of aromatic nitrogens is 4. The maximum atomic E-state index is 12.5. The summed E-state index contributed by atoms with van der Waals surface area (Å²) in [5.74, 6) is 1.32. The molecule has 1 fully saturated rings. The smallest absolute Gasteiger partial charge is 0.408 e. The van der Waals surface area contributed by atoms with Crippen molar-refractivity contribution in [1.29, 1.82) is 0 Å². The van der Waals surface area contributed by atoms with Crippen molar-refractivity contribution in [3.05, 3.63) is 59.3 Å². The van der Waals surface area contributed by atoms with Gasteiger partial charge in [0.15, 0.2) is 0 Å². The predicted octanol–water partition coefficient (Wildman–Crippen LogP) is 3.71.